The van der Waals surface area contributed by atoms with Crippen LogP contribution in [-0.2, 0) is 0 Å². The van der Waals surface area contributed by atoms with Crippen LogP contribution in [-0.4, -0.2) is 48.4 Å². The summed E-state index contributed by atoms with van der Waals surface area (Å²) in [6.45, 7) is 2.83. The molecule has 1 aliphatic carbocycles. The van der Waals surface area contributed by atoms with Gasteiger partial charge in [0.05, 0.1) is 5.57 Å². The van der Waals surface area contributed by atoms with E-state index in [4.69, 9.17) is 0 Å². The molecule has 1 saturated heterocycles. The van der Waals surface area contributed by atoms with Crippen molar-refractivity contribution < 1.29 is 4.39 Å². The van der Waals surface area contributed by atoms with Gasteiger partial charge in [0, 0.05) is 60.8 Å². The Hall–Kier alpha value is -2.27. The molecule has 2 unspecified atom stereocenters. The molecule has 0 saturated carbocycles. The first-order valence-electron chi connectivity index (χ1n) is 9.96. The van der Waals surface area contributed by atoms with Crippen molar-refractivity contribution in [2.45, 2.75) is 24.8 Å². The van der Waals surface area contributed by atoms with Crippen molar-refractivity contribution >= 4 is 30.1 Å². The van der Waals surface area contributed by atoms with Crippen molar-refractivity contribution in [3.8, 4) is 6.07 Å². The molecular formula is C22H26FN5S. The smallest absolute Gasteiger partial charge is 0.136 e. The van der Waals surface area contributed by atoms with E-state index in [1.54, 1.807) is 18.2 Å². The van der Waals surface area contributed by atoms with E-state index >= 15 is 0 Å². The molecule has 1 fully saturated rings. The Kier molecular flexibility index (Phi) is 5.95. The number of benzene rings is 1. The number of hydrogen-bond acceptors (Lipinski definition) is 6. The van der Waals surface area contributed by atoms with Crippen LogP contribution in [0.1, 0.15) is 24.3 Å². The van der Waals surface area contributed by atoms with E-state index in [-0.39, 0.29) is 11.5 Å². The van der Waals surface area contributed by atoms with Gasteiger partial charge in [-0.3, -0.25) is 0 Å². The Bertz CT molecular complexity index is 1010. The van der Waals surface area contributed by atoms with E-state index in [1.165, 1.54) is 16.5 Å². The summed E-state index contributed by atoms with van der Waals surface area (Å²) in [5.74, 6) is -0.392. The molecule has 2 heterocycles. The maximum Gasteiger partial charge on any atom is 0.136 e. The number of rotatable bonds is 5. The molecule has 4 rings (SSSR count). The molecule has 0 spiro atoms. The van der Waals surface area contributed by atoms with Gasteiger partial charge in [0.2, 0.25) is 0 Å². The maximum atomic E-state index is 13.8. The molecule has 1 aromatic rings. The number of fused-ring (bicyclic) bond motifs is 1. The lowest BCUT2D eigenvalue weighted by Gasteiger charge is -2.22. The van der Waals surface area contributed by atoms with E-state index in [0.717, 1.165) is 37.3 Å². The summed E-state index contributed by atoms with van der Waals surface area (Å²) in [6.07, 6.45) is 9.21. The van der Waals surface area contributed by atoms with Crippen molar-refractivity contribution in [1.29, 1.82) is 5.26 Å². The average molecular weight is 412 g/mol. The fourth-order valence-electron chi connectivity index (χ4n) is 4.08. The summed E-state index contributed by atoms with van der Waals surface area (Å²) in [4.78, 5) is 0. The van der Waals surface area contributed by atoms with Crippen LogP contribution in [0.15, 0.2) is 35.7 Å². The van der Waals surface area contributed by atoms with Gasteiger partial charge in [-0.25, -0.2) is 13.0 Å². The first-order valence-corrected chi connectivity index (χ1v) is 10.7. The zero-order valence-electron chi connectivity index (χ0n) is 16.8. The number of hydrogen-bond donors (Lipinski definition) is 2. The zero-order chi connectivity index (χ0) is 20.4. The van der Waals surface area contributed by atoms with Crippen molar-refractivity contribution in [1.82, 2.24) is 13.9 Å². The van der Waals surface area contributed by atoms with Crippen LogP contribution in [0.5, 0.6) is 0 Å². The van der Waals surface area contributed by atoms with Crippen LogP contribution < -0.4 is 21.1 Å². The Labute approximate surface area is 175 Å². The summed E-state index contributed by atoms with van der Waals surface area (Å²) >= 11 is 1.75. The minimum Gasteiger partial charge on any atom is -0.387 e. The predicted octanol–water partition coefficient (Wildman–Crippen LogP) is 2.21. The molecule has 3 aliphatic rings. The minimum atomic E-state index is -0.409. The number of anilines is 1. The zero-order valence-corrected chi connectivity index (χ0v) is 17.6. The second-order valence-electron chi connectivity index (χ2n) is 7.83. The van der Waals surface area contributed by atoms with Crippen LogP contribution >= 0.6 is 12.1 Å². The van der Waals surface area contributed by atoms with Crippen molar-refractivity contribution in [3.05, 3.63) is 51.7 Å². The molecule has 5 nitrogen and oxygen atoms in total. The van der Waals surface area contributed by atoms with Crippen molar-refractivity contribution in [2.24, 2.45) is 0 Å². The maximum absolute atomic E-state index is 13.8. The molecule has 2 atom stereocenters. The predicted molar refractivity (Wildman–Crippen MR) is 118 cm³/mol. The molecule has 1 aromatic carbocycles. The van der Waals surface area contributed by atoms with Gasteiger partial charge in [-0.05, 0) is 49.9 Å². The number of nitrogens with one attached hydrogen (secondary N) is 2. The lowest BCUT2D eigenvalue weighted by molar-refractivity contribution is 0.541. The summed E-state index contributed by atoms with van der Waals surface area (Å²) in [7, 11) is 4.12. The summed E-state index contributed by atoms with van der Waals surface area (Å²) in [5, 5.41) is 18.6. The van der Waals surface area contributed by atoms with Gasteiger partial charge >= 0.3 is 0 Å². The minimum absolute atomic E-state index is 0.0164. The van der Waals surface area contributed by atoms with Gasteiger partial charge in [-0.2, -0.15) is 5.26 Å². The van der Waals surface area contributed by atoms with Crippen LogP contribution in [0.2, 0.25) is 0 Å². The summed E-state index contributed by atoms with van der Waals surface area (Å²) in [6, 6.07) is 6.70. The third-order valence-electron chi connectivity index (χ3n) is 5.43. The second-order valence-corrected chi connectivity index (χ2v) is 9.24. The highest BCUT2D eigenvalue weighted by atomic mass is 32.2. The van der Waals surface area contributed by atoms with Crippen LogP contribution in [0.4, 0.5) is 10.1 Å². The fourth-order valence-corrected chi connectivity index (χ4v) is 4.97. The van der Waals surface area contributed by atoms with Crippen LogP contribution in [0.3, 0.4) is 0 Å². The Morgan fingerprint density at radius 3 is 3.00 bits per heavy atom. The summed E-state index contributed by atoms with van der Waals surface area (Å²) in [5.41, 5.74) is 2.36. The Balaban J connectivity index is 1.62. The first-order chi connectivity index (χ1) is 14.0. The molecule has 0 aromatic heterocycles. The van der Waals surface area contributed by atoms with Gasteiger partial charge in [-0.15, -0.1) is 0 Å². The molecule has 2 N–H and O–H groups in total. The van der Waals surface area contributed by atoms with E-state index in [9.17, 15) is 9.65 Å². The van der Waals surface area contributed by atoms with E-state index in [2.05, 4.69) is 57.7 Å². The molecule has 7 heteroatoms. The normalized spacial score (nSPS) is 23.8. The molecule has 0 amide bonds. The SMILES string of the molecule is CN(C)SN1CCC(Nc2cc(C3C=C(C#N)C(F)=CC3)cc3c2=CNCC=3)C1. The molecule has 0 radical (unpaired) electrons. The molecule has 0 bridgehead atoms. The van der Waals surface area contributed by atoms with Crippen molar-refractivity contribution in [2.75, 3.05) is 39.0 Å². The highest BCUT2D eigenvalue weighted by Crippen LogP contribution is 2.31. The highest BCUT2D eigenvalue weighted by Gasteiger charge is 2.24. The molecule has 29 heavy (non-hydrogen) atoms. The standard InChI is InChI=1S/C22H26FN5S/c1-27(2)29-28-8-6-19(14-28)26-22-11-17(10-16-5-7-25-13-20(16)22)15-3-4-21(23)18(9-15)12-24/h4-5,9-11,13,15,19,25-26H,3,6-8,14H2,1-2H3. The first kappa shape index (κ1) is 20.0. The lowest BCUT2D eigenvalue weighted by Crippen LogP contribution is -2.38. The quantitative estimate of drug-likeness (QED) is 0.725. The van der Waals surface area contributed by atoms with Crippen LogP contribution in [0.25, 0.3) is 12.3 Å². The Morgan fingerprint density at radius 2 is 2.21 bits per heavy atom. The van der Waals surface area contributed by atoms with Gasteiger partial charge < -0.3 is 10.6 Å². The molecule has 152 valence electrons. The highest BCUT2D eigenvalue weighted by molar-refractivity contribution is 7.94. The number of nitriles is 1. The lowest BCUT2D eigenvalue weighted by atomic mass is 9.88. The third-order valence-corrected chi connectivity index (χ3v) is 6.32. The third kappa shape index (κ3) is 4.50. The second kappa shape index (κ2) is 8.62. The van der Waals surface area contributed by atoms with Gasteiger partial charge in [0.25, 0.3) is 0 Å². The van der Waals surface area contributed by atoms with E-state index < -0.39 is 5.83 Å². The van der Waals surface area contributed by atoms with E-state index in [1.807, 2.05) is 6.07 Å². The largest absolute Gasteiger partial charge is 0.387 e. The van der Waals surface area contributed by atoms with Crippen molar-refractivity contribution in [3.63, 3.8) is 0 Å². The van der Waals surface area contributed by atoms with Gasteiger partial charge in [0.15, 0.2) is 0 Å². The molecule has 2 aliphatic heterocycles. The van der Waals surface area contributed by atoms with E-state index in [0.29, 0.717) is 12.5 Å². The van der Waals surface area contributed by atoms with Crippen LogP contribution in [0, 0.1) is 11.3 Å². The van der Waals surface area contributed by atoms with Gasteiger partial charge in [0.1, 0.15) is 11.9 Å². The monoisotopic (exact) mass is 411 g/mol. The summed E-state index contributed by atoms with van der Waals surface area (Å²) < 4.78 is 18.3. The number of halogens is 1. The average Bonchev–Trinajstić information content (AvgIpc) is 3.14. The fraction of sp³-hybridized carbons (Fsp3) is 0.409. The topological polar surface area (TPSA) is 54.3 Å². The van der Waals surface area contributed by atoms with Gasteiger partial charge in [-0.1, -0.05) is 18.2 Å². The number of allylic oxidation sites excluding steroid dienone is 4. The Morgan fingerprint density at radius 1 is 1.34 bits per heavy atom. The number of nitrogens with zero attached hydrogens (tertiary/aromatic N) is 3. The molecular weight excluding hydrogens is 385 g/mol.